The minimum absolute atomic E-state index is 0.196. The van der Waals surface area contributed by atoms with Crippen molar-refractivity contribution in [2.45, 2.75) is 38.1 Å². The van der Waals surface area contributed by atoms with Gasteiger partial charge in [-0.25, -0.2) is 8.42 Å². The van der Waals surface area contributed by atoms with Crippen molar-refractivity contribution in [3.05, 3.63) is 58.9 Å². The topological polar surface area (TPSA) is 75.5 Å². The molecule has 9 heteroatoms. The van der Waals surface area contributed by atoms with E-state index in [4.69, 9.17) is 11.6 Å². The fourth-order valence-corrected chi connectivity index (χ4v) is 5.82. The first kappa shape index (κ1) is 22.8. The minimum atomic E-state index is -3.64. The van der Waals surface area contributed by atoms with Gasteiger partial charge in [0.1, 0.15) is 5.15 Å². The molecule has 0 N–H and O–H groups in total. The van der Waals surface area contributed by atoms with Crippen LogP contribution < -0.4 is 0 Å². The van der Waals surface area contributed by atoms with E-state index >= 15 is 0 Å². The van der Waals surface area contributed by atoms with Crippen molar-refractivity contribution in [3.8, 4) is 0 Å². The molecule has 4 rings (SSSR count). The standard InChI is InChI=1S/C23H27ClN4O3S/c1-3-4-11-28-22(24)21(17(2)25-28)23(29)26-12-14-27(15-13-26)32(30,31)20-10-9-18-7-5-6-8-19(18)16-20/h5-10,16H,3-4,11-15H2,1-2H3. The second-order valence-electron chi connectivity index (χ2n) is 8.03. The van der Waals surface area contributed by atoms with E-state index in [0.29, 0.717) is 36.0 Å². The highest BCUT2D eigenvalue weighted by atomic mass is 35.5. The van der Waals surface area contributed by atoms with Crippen LogP contribution >= 0.6 is 11.6 Å². The Hall–Kier alpha value is -2.42. The molecular weight excluding hydrogens is 448 g/mol. The van der Waals surface area contributed by atoms with Gasteiger partial charge in [-0.15, -0.1) is 0 Å². The molecule has 0 atom stereocenters. The fourth-order valence-electron chi connectivity index (χ4n) is 4.02. The Morgan fingerprint density at radius 3 is 2.44 bits per heavy atom. The number of aromatic nitrogens is 2. The minimum Gasteiger partial charge on any atom is -0.336 e. The number of halogens is 1. The molecule has 1 fully saturated rings. The molecule has 0 radical (unpaired) electrons. The molecule has 0 bridgehead atoms. The third-order valence-electron chi connectivity index (χ3n) is 5.89. The Morgan fingerprint density at radius 1 is 1.06 bits per heavy atom. The van der Waals surface area contributed by atoms with Crippen LogP contribution in [0.2, 0.25) is 5.15 Å². The predicted molar refractivity (Wildman–Crippen MR) is 125 cm³/mol. The number of unbranched alkanes of at least 4 members (excludes halogenated alkanes) is 1. The lowest BCUT2D eigenvalue weighted by Gasteiger charge is -2.34. The zero-order valence-corrected chi connectivity index (χ0v) is 19.9. The van der Waals surface area contributed by atoms with Gasteiger partial charge < -0.3 is 4.90 Å². The Labute approximate surface area is 193 Å². The van der Waals surface area contributed by atoms with E-state index in [-0.39, 0.29) is 23.9 Å². The van der Waals surface area contributed by atoms with E-state index < -0.39 is 10.0 Å². The summed E-state index contributed by atoms with van der Waals surface area (Å²) in [6.45, 7) is 5.62. The summed E-state index contributed by atoms with van der Waals surface area (Å²) in [6, 6.07) is 12.8. The van der Waals surface area contributed by atoms with Crippen LogP contribution in [0.1, 0.15) is 35.8 Å². The summed E-state index contributed by atoms with van der Waals surface area (Å²) in [5, 5.41) is 6.64. The molecule has 1 amide bonds. The largest absolute Gasteiger partial charge is 0.336 e. The molecule has 1 aromatic heterocycles. The number of rotatable bonds is 6. The first-order valence-corrected chi connectivity index (χ1v) is 12.7. The van der Waals surface area contributed by atoms with Gasteiger partial charge in [0.2, 0.25) is 10.0 Å². The maximum absolute atomic E-state index is 13.2. The number of carbonyl (C=O) groups excluding carboxylic acids is 1. The van der Waals surface area contributed by atoms with Gasteiger partial charge in [0.15, 0.2) is 0 Å². The van der Waals surface area contributed by atoms with Gasteiger partial charge in [-0.3, -0.25) is 9.48 Å². The highest BCUT2D eigenvalue weighted by Crippen LogP contribution is 2.25. The van der Waals surface area contributed by atoms with Crippen LogP contribution in [0.3, 0.4) is 0 Å². The molecule has 0 spiro atoms. The number of piperazine rings is 1. The normalized spacial score (nSPS) is 15.4. The van der Waals surface area contributed by atoms with Crippen LogP contribution in [0.5, 0.6) is 0 Å². The number of aryl methyl sites for hydroxylation is 2. The van der Waals surface area contributed by atoms with Gasteiger partial charge in [0.05, 0.1) is 16.2 Å². The van der Waals surface area contributed by atoms with Crippen molar-refractivity contribution in [2.24, 2.45) is 0 Å². The van der Waals surface area contributed by atoms with Crippen molar-refractivity contribution in [1.29, 1.82) is 0 Å². The lowest BCUT2D eigenvalue weighted by Crippen LogP contribution is -2.50. The lowest BCUT2D eigenvalue weighted by atomic mass is 10.1. The van der Waals surface area contributed by atoms with Gasteiger partial charge >= 0.3 is 0 Å². The van der Waals surface area contributed by atoms with E-state index in [0.717, 1.165) is 23.6 Å². The molecule has 32 heavy (non-hydrogen) atoms. The van der Waals surface area contributed by atoms with Gasteiger partial charge in [0.25, 0.3) is 5.91 Å². The maximum atomic E-state index is 13.2. The maximum Gasteiger partial charge on any atom is 0.258 e. The fraction of sp³-hybridized carbons (Fsp3) is 0.391. The predicted octanol–water partition coefficient (Wildman–Crippen LogP) is 3.94. The Bertz CT molecular complexity index is 1250. The monoisotopic (exact) mass is 474 g/mol. The van der Waals surface area contributed by atoms with Crippen LogP contribution in [-0.2, 0) is 16.6 Å². The molecule has 170 valence electrons. The Kier molecular flexibility index (Phi) is 6.55. The van der Waals surface area contributed by atoms with E-state index in [9.17, 15) is 13.2 Å². The summed E-state index contributed by atoms with van der Waals surface area (Å²) >= 11 is 6.46. The average Bonchev–Trinajstić information content (AvgIpc) is 3.09. The summed E-state index contributed by atoms with van der Waals surface area (Å²) < 4.78 is 29.5. The Morgan fingerprint density at radius 2 is 1.75 bits per heavy atom. The van der Waals surface area contributed by atoms with Crippen molar-refractivity contribution < 1.29 is 13.2 Å². The highest BCUT2D eigenvalue weighted by molar-refractivity contribution is 7.89. The van der Waals surface area contributed by atoms with Crippen LogP contribution in [0.15, 0.2) is 47.4 Å². The summed E-state index contributed by atoms with van der Waals surface area (Å²) in [7, 11) is -3.64. The molecule has 1 aliphatic heterocycles. The van der Waals surface area contributed by atoms with E-state index in [2.05, 4.69) is 12.0 Å². The summed E-state index contributed by atoms with van der Waals surface area (Å²) in [5.41, 5.74) is 1.01. The van der Waals surface area contributed by atoms with Crippen molar-refractivity contribution >= 4 is 38.3 Å². The SMILES string of the molecule is CCCCn1nc(C)c(C(=O)N2CCN(S(=O)(=O)c3ccc4ccccc4c3)CC2)c1Cl. The van der Waals surface area contributed by atoms with Crippen LogP contribution in [0.4, 0.5) is 0 Å². The van der Waals surface area contributed by atoms with E-state index in [1.807, 2.05) is 30.3 Å². The van der Waals surface area contributed by atoms with Gasteiger partial charge in [0, 0.05) is 32.7 Å². The molecule has 2 aromatic carbocycles. The third kappa shape index (κ3) is 4.27. The van der Waals surface area contributed by atoms with Crippen molar-refractivity contribution in [3.63, 3.8) is 0 Å². The zero-order valence-electron chi connectivity index (χ0n) is 18.3. The molecule has 0 unspecified atom stereocenters. The van der Waals surface area contributed by atoms with Crippen LogP contribution in [-0.4, -0.2) is 59.5 Å². The van der Waals surface area contributed by atoms with E-state index in [1.54, 1.807) is 28.6 Å². The third-order valence-corrected chi connectivity index (χ3v) is 8.17. The van der Waals surface area contributed by atoms with E-state index in [1.165, 1.54) is 4.31 Å². The lowest BCUT2D eigenvalue weighted by molar-refractivity contribution is 0.0697. The molecule has 3 aromatic rings. The smallest absolute Gasteiger partial charge is 0.258 e. The van der Waals surface area contributed by atoms with Gasteiger partial charge in [-0.05, 0) is 36.2 Å². The number of fused-ring (bicyclic) bond motifs is 1. The second kappa shape index (κ2) is 9.21. The van der Waals surface area contributed by atoms with Crippen LogP contribution in [0.25, 0.3) is 10.8 Å². The first-order chi connectivity index (χ1) is 15.3. The molecule has 7 nitrogen and oxygen atoms in total. The molecule has 0 saturated carbocycles. The number of benzene rings is 2. The summed E-state index contributed by atoms with van der Waals surface area (Å²) in [4.78, 5) is 15.1. The van der Waals surface area contributed by atoms with Gasteiger partial charge in [-0.2, -0.15) is 9.40 Å². The second-order valence-corrected chi connectivity index (χ2v) is 10.3. The number of carbonyl (C=O) groups is 1. The highest BCUT2D eigenvalue weighted by Gasteiger charge is 2.32. The number of nitrogens with zero attached hydrogens (tertiary/aromatic N) is 4. The number of hydrogen-bond donors (Lipinski definition) is 0. The number of amides is 1. The first-order valence-electron chi connectivity index (χ1n) is 10.8. The molecule has 2 heterocycles. The summed E-state index contributed by atoms with van der Waals surface area (Å²) in [6.07, 6.45) is 1.94. The molecular formula is C23H27ClN4O3S. The van der Waals surface area contributed by atoms with Gasteiger partial charge in [-0.1, -0.05) is 55.3 Å². The molecule has 0 aliphatic carbocycles. The Balaban J connectivity index is 1.47. The van der Waals surface area contributed by atoms with Crippen molar-refractivity contribution in [2.75, 3.05) is 26.2 Å². The summed E-state index contributed by atoms with van der Waals surface area (Å²) in [5.74, 6) is -0.196. The molecule has 1 saturated heterocycles. The van der Waals surface area contributed by atoms with Crippen molar-refractivity contribution in [1.82, 2.24) is 19.0 Å². The quantitative estimate of drug-likeness (QED) is 0.542. The zero-order chi connectivity index (χ0) is 22.9. The average molecular weight is 475 g/mol. The molecule has 1 aliphatic rings. The van der Waals surface area contributed by atoms with Crippen LogP contribution in [0, 0.1) is 6.92 Å². The number of sulfonamides is 1. The number of hydrogen-bond acceptors (Lipinski definition) is 4.